The summed E-state index contributed by atoms with van der Waals surface area (Å²) in [4.78, 5) is 36.2. The largest absolute Gasteiger partial charge is 0.464 e. The first-order valence-corrected chi connectivity index (χ1v) is 7.11. The summed E-state index contributed by atoms with van der Waals surface area (Å²) in [6.07, 6.45) is 4.05. The minimum atomic E-state index is -1.82. The van der Waals surface area contributed by atoms with Crippen LogP contribution in [-0.4, -0.2) is 36.6 Å². The van der Waals surface area contributed by atoms with Crippen LogP contribution in [-0.2, 0) is 23.9 Å². The van der Waals surface area contributed by atoms with Crippen LogP contribution in [0.15, 0.2) is 12.2 Å². The van der Waals surface area contributed by atoms with E-state index in [0.717, 1.165) is 0 Å². The maximum Gasteiger partial charge on any atom is 0.343 e. The molecular formula is C15H25NO5. The standard InChI is InChI=1S/C15H25NO5/c1-6-9-10-11(4)15(16-12(5)17,13(18)20-7-2)14(19)21-8-3/h6,9,11H,7-8,10H2,1-5H3,(H,16,17). The predicted molar refractivity (Wildman–Crippen MR) is 78.4 cm³/mol. The second-order valence-corrected chi connectivity index (χ2v) is 4.64. The molecule has 1 amide bonds. The van der Waals surface area contributed by atoms with Crippen LogP contribution in [0.2, 0.25) is 0 Å². The summed E-state index contributed by atoms with van der Waals surface area (Å²) in [5, 5.41) is 2.45. The molecule has 120 valence electrons. The topological polar surface area (TPSA) is 81.7 Å². The number of hydrogen-bond acceptors (Lipinski definition) is 5. The second kappa shape index (κ2) is 9.15. The Morgan fingerprint density at radius 2 is 1.62 bits per heavy atom. The van der Waals surface area contributed by atoms with E-state index in [1.165, 1.54) is 6.92 Å². The molecule has 6 heteroatoms. The van der Waals surface area contributed by atoms with Gasteiger partial charge in [-0.3, -0.25) is 4.79 Å². The number of carbonyl (C=O) groups excluding carboxylic acids is 3. The van der Waals surface area contributed by atoms with Crippen molar-refractivity contribution in [3.05, 3.63) is 12.2 Å². The van der Waals surface area contributed by atoms with Gasteiger partial charge in [-0.25, -0.2) is 9.59 Å². The van der Waals surface area contributed by atoms with Crippen molar-refractivity contribution >= 4 is 17.8 Å². The molecule has 0 fully saturated rings. The summed E-state index contributed by atoms with van der Waals surface area (Å²) < 4.78 is 10.00. The normalized spacial score (nSPS) is 12.8. The zero-order valence-electron chi connectivity index (χ0n) is 13.4. The van der Waals surface area contributed by atoms with E-state index in [9.17, 15) is 14.4 Å². The van der Waals surface area contributed by atoms with Gasteiger partial charge in [-0.15, -0.1) is 0 Å². The Kier molecular flexibility index (Phi) is 8.35. The van der Waals surface area contributed by atoms with Crippen LogP contribution in [0.4, 0.5) is 0 Å². The van der Waals surface area contributed by atoms with E-state index < -0.39 is 29.3 Å². The third-order valence-electron chi connectivity index (χ3n) is 3.03. The highest BCUT2D eigenvalue weighted by Crippen LogP contribution is 2.25. The molecule has 0 aliphatic heterocycles. The molecule has 0 spiro atoms. The van der Waals surface area contributed by atoms with E-state index in [1.807, 2.05) is 19.1 Å². The molecule has 0 aliphatic rings. The van der Waals surface area contributed by atoms with E-state index in [0.29, 0.717) is 6.42 Å². The first-order valence-electron chi connectivity index (χ1n) is 7.11. The fourth-order valence-corrected chi connectivity index (χ4v) is 2.00. The molecule has 1 N–H and O–H groups in total. The maximum absolute atomic E-state index is 12.4. The number of amides is 1. The van der Waals surface area contributed by atoms with Gasteiger partial charge in [0.05, 0.1) is 13.2 Å². The first-order chi connectivity index (χ1) is 9.86. The van der Waals surface area contributed by atoms with E-state index >= 15 is 0 Å². The van der Waals surface area contributed by atoms with Crippen molar-refractivity contribution in [1.29, 1.82) is 0 Å². The Bertz CT molecular complexity index is 385. The molecule has 0 bridgehead atoms. The van der Waals surface area contributed by atoms with Gasteiger partial charge in [-0.05, 0) is 27.2 Å². The van der Waals surface area contributed by atoms with Crippen LogP contribution in [0.3, 0.4) is 0 Å². The van der Waals surface area contributed by atoms with E-state index in [4.69, 9.17) is 9.47 Å². The lowest BCUT2D eigenvalue weighted by atomic mass is 9.82. The van der Waals surface area contributed by atoms with Gasteiger partial charge in [-0.1, -0.05) is 19.1 Å². The Labute approximate surface area is 125 Å². The summed E-state index contributed by atoms with van der Waals surface area (Å²) in [6, 6.07) is 0. The number of allylic oxidation sites excluding steroid dienone is 2. The summed E-state index contributed by atoms with van der Waals surface area (Å²) in [7, 11) is 0. The van der Waals surface area contributed by atoms with E-state index in [1.54, 1.807) is 20.8 Å². The van der Waals surface area contributed by atoms with Crippen LogP contribution in [0.5, 0.6) is 0 Å². The zero-order chi connectivity index (χ0) is 16.5. The van der Waals surface area contributed by atoms with Crippen molar-refractivity contribution in [3.8, 4) is 0 Å². The van der Waals surface area contributed by atoms with Crippen molar-refractivity contribution in [2.75, 3.05) is 13.2 Å². The van der Waals surface area contributed by atoms with Crippen LogP contribution < -0.4 is 5.32 Å². The fraction of sp³-hybridized carbons (Fsp3) is 0.667. The molecule has 0 aromatic heterocycles. The molecule has 0 saturated carbocycles. The van der Waals surface area contributed by atoms with Gasteiger partial charge in [-0.2, -0.15) is 0 Å². The Balaban J connectivity index is 5.74. The van der Waals surface area contributed by atoms with Crippen LogP contribution in [0, 0.1) is 5.92 Å². The van der Waals surface area contributed by atoms with Gasteiger partial charge in [0.15, 0.2) is 0 Å². The van der Waals surface area contributed by atoms with Crippen molar-refractivity contribution in [2.45, 2.75) is 46.6 Å². The minimum absolute atomic E-state index is 0.107. The highest BCUT2D eigenvalue weighted by atomic mass is 16.6. The lowest BCUT2D eigenvalue weighted by molar-refractivity contribution is -0.171. The van der Waals surface area contributed by atoms with Gasteiger partial charge >= 0.3 is 11.9 Å². The highest BCUT2D eigenvalue weighted by molar-refractivity contribution is 6.08. The highest BCUT2D eigenvalue weighted by Gasteiger charge is 2.53. The van der Waals surface area contributed by atoms with Crippen molar-refractivity contribution in [1.82, 2.24) is 5.32 Å². The lowest BCUT2D eigenvalue weighted by Crippen LogP contribution is -2.64. The van der Waals surface area contributed by atoms with Crippen molar-refractivity contribution in [3.63, 3.8) is 0 Å². The molecule has 6 nitrogen and oxygen atoms in total. The molecule has 0 aliphatic carbocycles. The molecule has 0 aromatic carbocycles. The monoisotopic (exact) mass is 299 g/mol. The fourth-order valence-electron chi connectivity index (χ4n) is 2.00. The maximum atomic E-state index is 12.4. The number of ether oxygens (including phenoxy) is 2. The Hall–Kier alpha value is -1.85. The van der Waals surface area contributed by atoms with E-state index in [-0.39, 0.29) is 13.2 Å². The summed E-state index contributed by atoms with van der Waals surface area (Å²) in [5.74, 6) is -2.59. The van der Waals surface area contributed by atoms with Crippen LogP contribution in [0.25, 0.3) is 0 Å². The molecular weight excluding hydrogens is 274 g/mol. The number of rotatable bonds is 8. The first kappa shape index (κ1) is 19.1. The van der Waals surface area contributed by atoms with Gasteiger partial charge in [0.25, 0.3) is 0 Å². The van der Waals surface area contributed by atoms with Gasteiger partial charge in [0, 0.05) is 12.8 Å². The molecule has 0 heterocycles. The Morgan fingerprint density at radius 3 is 1.95 bits per heavy atom. The second-order valence-electron chi connectivity index (χ2n) is 4.64. The quantitative estimate of drug-likeness (QED) is 0.418. The van der Waals surface area contributed by atoms with Crippen molar-refractivity contribution in [2.24, 2.45) is 5.92 Å². The van der Waals surface area contributed by atoms with Gasteiger partial charge in [0.2, 0.25) is 11.4 Å². The van der Waals surface area contributed by atoms with E-state index in [2.05, 4.69) is 5.32 Å². The number of hydrogen-bond donors (Lipinski definition) is 1. The minimum Gasteiger partial charge on any atom is -0.464 e. The molecule has 21 heavy (non-hydrogen) atoms. The summed E-state index contributed by atoms with van der Waals surface area (Å²) >= 11 is 0. The molecule has 0 saturated heterocycles. The summed E-state index contributed by atoms with van der Waals surface area (Å²) in [6.45, 7) is 8.27. The molecule has 0 aromatic rings. The Morgan fingerprint density at radius 1 is 1.14 bits per heavy atom. The number of carbonyl (C=O) groups is 3. The summed E-state index contributed by atoms with van der Waals surface area (Å²) in [5.41, 5.74) is -1.82. The van der Waals surface area contributed by atoms with Crippen molar-refractivity contribution < 1.29 is 23.9 Å². The van der Waals surface area contributed by atoms with Crippen LogP contribution in [0.1, 0.15) is 41.0 Å². The van der Waals surface area contributed by atoms with Crippen LogP contribution >= 0.6 is 0 Å². The molecule has 1 unspecified atom stereocenters. The number of nitrogens with one attached hydrogen (secondary N) is 1. The molecule has 0 radical (unpaired) electrons. The van der Waals surface area contributed by atoms with Gasteiger partial charge in [0.1, 0.15) is 0 Å². The SMILES string of the molecule is CC=CCC(C)C(NC(C)=O)(C(=O)OCC)C(=O)OCC. The predicted octanol–water partition coefficient (Wildman–Crippen LogP) is 1.59. The third kappa shape index (κ3) is 4.88. The smallest absolute Gasteiger partial charge is 0.343 e. The third-order valence-corrected chi connectivity index (χ3v) is 3.03. The molecule has 1 atom stereocenters. The number of esters is 2. The lowest BCUT2D eigenvalue weighted by Gasteiger charge is -2.34. The average molecular weight is 299 g/mol. The zero-order valence-corrected chi connectivity index (χ0v) is 13.4. The average Bonchev–Trinajstić information content (AvgIpc) is 2.42. The van der Waals surface area contributed by atoms with Gasteiger partial charge < -0.3 is 14.8 Å². The molecule has 0 rings (SSSR count).